The highest BCUT2D eigenvalue weighted by Gasteiger charge is 2.28. The molecule has 1 aliphatic carbocycles. The van der Waals surface area contributed by atoms with Crippen LogP contribution in [-0.4, -0.2) is 23.1 Å². The van der Waals surface area contributed by atoms with E-state index in [1.165, 1.54) is 18.5 Å². The van der Waals surface area contributed by atoms with E-state index in [1.54, 1.807) is 0 Å². The van der Waals surface area contributed by atoms with Crippen molar-refractivity contribution in [2.24, 2.45) is 0 Å². The van der Waals surface area contributed by atoms with Crippen molar-refractivity contribution in [1.82, 2.24) is 9.97 Å². The van der Waals surface area contributed by atoms with Crippen molar-refractivity contribution < 1.29 is 4.74 Å². The van der Waals surface area contributed by atoms with E-state index in [0.717, 1.165) is 37.6 Å². The molecule has 1 aromatic rings. The molecule has 4 heteroatoms. The Bertz CT molecular complexity index is 398. The average Bonchev–Trinajstić information content (AvgIpc) is 3.05. The molecule has 17 heavy (non-hydrogen) atoms. The molecular weight excluding hydrogens is 214 g/mol. The van der Waals surface area contributed by atoms with Gasteiger partial charge in [0.2, 0.25) is 0 Å². The zero-order valence-corrected chi connectivity index (χ0v) is 10.3. The van der Waals surface area contributed by atoms with Gasteiger partial charge in [0, 0.05) is 30.8 Å². The lowest BCUT2D eigenvalue weighted by molar-refractivity contribution is 0.105. The molecule has 0 bridgehead atoms. The molecule has 0 aromatic carbocycles. The van der Waals surface area contributed by atoms with Gasteiger partial charge < -0.3 is 10.1 Å². The Morgan fingerprint density at radius 1 is 1.35 bits per heavy atom. The second-order valence-electron chi connectivity index (χ2n) is 4.84. The number of rotatable bonds is 4. The van der Waals surface area contributed by atoms with Crippen LogP contribution in [0.15, 0.2) is 6.07 Å². The molecule has 1 N–H and O–H groups in total. The summed E-state index contributed by atoms with van der Waals surface area (Å²) in [6, 6.07) is 2.10. The Hall–Kier alpha value is -1.16. The molecule has 1 aromatic heterocycles. The van der Waals surface area contributed by atoms with Crippen LogP contribution in [0.25, 0.3) is 0 Å². The van der Waals surface area contributed by atoms with E-state index in [4.69, 9.17) is 4.74 Å². The van der Waals surface area contributed by atoms with E-state index in [1.807, 2.05) is 0 Å². The van der Waals surface area contributed by atoms with E-state index in [2.05, 4.69) is 28.3 Å². The lowest BCUT2D eigenvalue weighted by Gasteiger charge is -2.12. The summed E-state index contributed by atoms with van der Waals surface area (Å²) in [6.07, 6.45) is 4.84. The summed E-state index contributed by atoms with van der Waals surface area (Å²) < 4.78 is 5.67. The molecule has 0 radical (unpaired) electrons. The third-order valence-corrected chi connectivity index (χ3v) is 3.33. The summed E-state index contributed by atoms with van der Waals surface area (Å²) in [6.45, 7) is 3.83. The van der Waals surface area contributed by atoms with Gasteiger partial charge in [0.15, 0.2) is 5.82 Å². The second-order valence-corrected chi connectivity index (χ2v) is 4.84. The summed E-state index contributed by atoms with van der Waals surface area (Å²) >= 11 is 0. The molecule has 1 saturated carbocycles. The fraction of sp³-hybridized carbons (Fsp3) is 0.692. The van der Waals surface area contributed by atoms with Crippen molar-refractivity contribution in [2.75, 3.05) is 18.5 Å². The first-order valence-corrected chi connectivity index (χ1v) is 6.61. The van der Waals surface area contributed by atoms with Crippen LogP contribution >= 0.6 is 0 Å². The summed E-state index contributed by atoms with van der Waals surface area (Å²) in [7, 11) is 0. The minimum atomic E-state index is 0.117. The Morgan fingerprint density at radius 3 is 2.88 bits per heavy atom. The number of hydrogen-bond donors (Lipinski definition) is 1. The topological polar surface area (TPSA) is 47.0 Å². The zero-order valence-electron chi connectivity index (χ0n) is 10.3. The first kappa shape index (κ1) is 11.0. The SMILES string of the molecule is CCNc1cc(C2CC2)nc(C2CCCO2)n1. The van der Waals surface area contributed by atoms with E-state index in [9.17, 15) is 0 Å². The number of ether oxygens (including phenoxy) is 1. The van der Waals surface area contributed by atoms with E-state index < -0.39 is 0 Å². The van der Waals surface area contributed by atoms with Gasteiger partial charge in [-0.3, -0.25) is 0 Å². The Kier molecular flexibility index (Phi) is 2.97. The van der Waals surface area contributed by atoms with Gasteiger partial charge in [-0.25, -0.2) is 9.97 Å². The zero-order chi connectivity index (χ0) is 11.7. The number of aromatic nitrogens is 2. The molecule has 1 aliphatic heterocycles. The van der Waals surface area contributed by atoms with Crippen LogP contribution in [0.5, 0.6) is 0 Å². The maximum atomic E-state index is 5.67. The van der Waals surface area contributed by atoms with Gasteiger partial charge in [-0.05, 0) is 32.6 Å². The number of anilines is 1. The molecule has 1 unspecified atom stereocenters. The molecule has 2 aliphatic rings. The van der Waals surface area contributed by atoms with Crippen LogP contribution in [0, 0.1) is 0 Å². The molecule has 3 rings (SSSR count). The minimum Gasteiger partial charge on any atom is -0.370 e. The normalized spacial score (nSPS) is 23.9. The molecule has 1 atom stereocenters. The standard InChI is InChI=1S/C13H19N3O/c1-2-14-12-8-10(9-5-6-9)15-13(16-12)11-4-3-7-17-11/h8-9,11H,2-7H2,1H3,(H,14,15,16). The fourth-order valence-corrected chi connectivity index (χ4v) is 2.27. The van der Waals surface area contributed by atoms with E-state index in [-0.39, 0.29) is 6.10 Å². The van der Waals surface area contributed by atoms with Gasteiger partial charge in [0.1, 0.15) is 11.9 Å². The van der Waals surface area contributed by atoms with Crippen molar-refractivity contribution in [2.45, 2.75) is 44.6 Å². The fourth-order valence-electron chi connectivity index (χ4n) is 2.27. The Morgan fingerprint density at radius 2 is 2.24 bits per heavy atom. The molecule has 2 heterocycles. The Balaban J connectivity index is 1.89. The first-order chi connectivity index (χ1) is 8.36. The van der Waals surface area contributed by atoms with Crippen LogP contribution in [0.2, 0.25) is 0 Å². The van der Waals surface area contributed by atoms with Crippen LogP contribution in [0.4, 0.5) is 5.82 Å². The van der Waals surface area contributed by atoms with Crippen LogP contribution in [0.3, 0.4) is 0 Å². The predicted molar refractivity (Wildman–Crippen MR) is 66.1 cm³/mol. The molecule has 4 nitrogen and oxygen atoms in total. The second kappa shape index (κ2) is 4.61. The van der Waals surface area contributed by atoms with Gasteiger partial charge in [0.05, 0.1) is 0 Å². The van der Waals surface area contributed by atoms with Crippen molar-refractivity contribution in [3.05, 3.63) is 17.6 Å². The van der Waals surface area contributed by atoms with Crippen molar-refractivity contribution in [3.8, 4) is 0 Å². The lowest BCUT2D eigenvalue weighted by atomic mass is 10.2. The molecular formula is C13H19N3O. The van der Waals surface area contributed by atoms with Crippen LogP contribution in [0.1, 0.15) is 56.1 Å². The van der Waals surface area contributed by atoms with Gasteiger partial charge in [-0.2, -0.15) is 0 Å². The third kappa shape index (κ3) is 2.41. The third-order valence-electron chi connectivity index (χ3n) is 3.33. The smallest absolute Gasteiger partial charge is 0.159 e. The minimum absolute atomic E-state index is 0.117. The van der Waals surface area contributed by atoms with Gasteiger partial charge in [-0.1, -0.05) is 0 Å². The largest absolute Gasteiger partial charge is 0.370 e. The van der Waals surface area contributed by atoms with Crippen LogP contribution < -0.4 is 5.32 Å². The van der Waals surface area contributed by atoms with E-state index >= 15 is 0 Å². The summed E-state index contributed by atoms with van der Waals surface area (Å²) in [5.41, 5.74) is 1.20. The summed E-state index contributed by atoms with van der Waals surface area (Å²) in [5.74, 6) is 2.49. The average molecular weight is 233 g/mol. The number of nitrogens with one attached hydrogen (secondary N) is 1. The predicted octanol–water partition coefficient (Wildman–Crippen LogP) is 2.64. The highest BCUT2D eigenvalue weighted by Crippen LogP contribution is 2.40. The van der Waals surface area contributed by atoms with Crippen molar-refractivity contribution in [1.29, 1.82) is 0 Å². The monoisotopic (exact) mass is 233 g/mol. The molecule has 2 fully saturated rings. The van der Waals surface area contributed by atoms with Gasteiger partial charge >= 0.3 is 0 Å². The maximum Gasteiger partial charge on any atom is 0.159 e. The molecule has 0 spiro atoms. The van der Waals surface area contributed by atoms with Gasteiger partial charge in [-0.15, -0.1) is 0 Å². The van der Waals surface area contributed by atoms with Crippen LogP contribution in [-0.2, 0) is 4.74 Å². The summed E-state index contributed by atoms with van der Waals surface area (Å²) in [5, 5.41) is 3.29. The number of nitrogens with zero attached hydrogens (tertiary/aromatic N) is 2. The molecule has 0 amide bonds. The van der Waals surface area contributed by atoms with E-state index in [0.29, 0.717) is 5.92 Å². The Labute approximate surface area is 102 Å². The highest BCUT2D eigenvalue weighted by molar-refractivity contribution is 5.38. The number of hydrogen-bond acceptors (Lipinski definition) is 4. The first-order valence-electron chi connectivity index (χ1n) is 6.61. The van der Waals surface area contributed by atoms with Gasteiger partial charge in [0.25, 0.3) is 0 Å². The summed E-state index contributed by atoms with van der Waals surface area (Å²) in [4.78, 5) is 9.25. The van der Waals surface area contributed by atoms with Crippen molar-refractivity contribution in [3.63, 3.8) is 0 Å². The quantitative estimate of drug-likeness (QED) is 0.868. The lowest BCUT2D eigenvalue weighted by Crippen LogP contribution is -2.09. The molecule has 92 valence electrons. The molecule has 1 saturated heterocycles. The highest BCUT2D eigenvalue weighted by atomic mass is 16.5. The van der Waals surface area contributed by atoms with Crippen molar-refractivity contribution >= 4 is 5.82 Å². The maximum absolute atomic E-state index is 5.67.